The number of phenols is 1. The average Bonchev–Trinajstić information content (AvgIpc) is 2.86. The number of phenolic OH excluding ortho intramolecular Hbond substituents is 1. The van der Waals surface area contributed by atoms with Crippen LogP contribution in [-0.4, -0.2) is 65.6 Å². The van der Waals surface area contributed by atoms with Crippen LogP contribution >= 0.6 is 11.6 Å². The first-order chi connectivity index (χ1) is 17.0. The Morgan fingerprint density at radius 3 is 2.36 bits per heavy atom. The van der Waals surface area contributed by atoms with Crippen LogP contribution in [0.1, 0.15) is 52.5 Å². The monoisotopic (exact) mass is 525 g/mol. The minimum atomic E-state index is -1.41. The van der Waals surface area contributed by atoms with Gasteiger partial charge in [0.1, 0.15) is 18.0 Å². The van der Waals surface area contributed by atoms with Gasteiger partial charge in [-0.3, -0.25) is 9.59 Å². The standard InChI is InChI=1S/C27H40ClNO7/c1-7-8-9-16(2)23(31)18(4)24(32)17(3)14-22(35-5)25(33)26(36-6)27(34)29-13-12-19-10-11-21(30)20(28)15-19/h10-16,18,22-23,25-26,30-31,33H,7-9H2,1-6H3,(H,29,34)/b13-12+,17-14+/t16-,18+,22-,23+,25-,26-/m1/s1. The van der Waals surface area contributed by atoms with Crippen molar-refractivity contribution < 1.29 is 34.4 Å². The van der Waals surface area contributed by atoms with Gasteiger partial charge in [-0.25, -0.2) is 0 Å². The number of halogens is 1. The molecule has 0 aliphatic heterocycles. The molecule has 9 heteroatoms. The molecule has 202 valence electrons. The van der Waals surface area contributed by atoms with Gasteiger partial charge in [0, 0.05) is 26.3 Å². The number of aliphatic hydroxyl groups excluding tert-OH is 2. The number of unbranched alkanes of at least 4 members (excludes halogenated alkanes) is 1. The first kappa shape index (κ1) is 31.8. The molecule has 0 unspecified atom stereocenters. The third-order valence-corrected chi connectivity index (χ3v) is 6.53. The van der Waals surface area contributed by atoms with Gasteiger partial charge in [-0.2, -0.15) is 0 Å². The fourth-order valence-electron chi connectivity index (χ4n) is 3.84. The summed E-state index contributed by atoms with van der Waals surface area (Å²) in [6, 6.07) is 4.56. The van der Waals surface area contributed by atoms with Crippen molar-refractivity contribution in [3.63, 3.8) is 0 Å². The molecule has 8 nitrogen and oxygen atoms in total. The summed E-state index contributed by atoms with van der Waals surface area (Å²) in [7, 11) is 2.63. The van der Waals surface area contributed by atoms with E-state index in [9.17, 15) is 24.9 Å². The number of allylic oxidation sites excluding steroid dienone is 1. The number of aromatic hydroxyl groups is 1. The highest BCUT2D eigenvalue weighted by atomic mass is 35.5. The van der Waals surface area contributed by atoms with E-state index in [-0.39, 0.29) is 22.5 Å². The Morgan fingerprint density at radius 1 is 1.14 bits per heavy atom. The Labute approximate surface area is 219 Å². The summed E-state index contributed by atoms with van der Waals surface area (Å²) >= 11 is 5.87. The number of carbonyl (C=O) groups is 2. The number of rotatable bonds is 15. The van der Waals surface area contributed by atoms with E-state index in [1.807, 2.05) is 6.92 Å². The average molecular weight is 526 g/mol. The predicted octanol–water partition coefficient (Wildman–Crippen LogP) is 3.86. The largest absolute Gasteiger partial charge is 0.506 e. The highest BCUT2D eigenvalue weighted by Crippen LogP contribution is 2.24. The van der Waals surface area contributed by atoms with Gasteiger partial charge >= 0.3 is 0 Å². The summed E-state index contributed by atoms with van der Waals surface area (Å²) in [5.41, 5.74) is 0.953. The molecular weight excluding hydrogens is 486 g/mol. The lowest BCUT2D eigenvalue weighted by Crippen LogP contribution is -2.47. The first-order valence-electron chi connectivity index (χ1n) is 12.1. The number of benzene rings is 1. The second-order valence-electron chi connectivity index (χ2n) is 9.01. The molecule has 0 saturated carbocycles. The minimum Gasteiger partial charge on any atom is -0.506 e. The number of aliphatic hydroxyl groups is 2. The lowest BCUT2D eigenvalue weighted by molar-refractivity contribution is -0.142. The molecule has 4 N–H and O–H groups in total. The summed E-state index contributed by atoms with van der Waals surface area (Å²) in [5, 5.41) is 33.6. The summed E-state index contributed by atoms with van der Waals surface area (Å²) in [6.45, 7) is 7.28. The lowest BCUT2D eigenvalue weighted by atomic mass is 9.85. The van der Waals surface area contributed by atoms with Gasteiger partial charge in [0.15, 0.2) is 11.9 Å². The molecule has 0 spiro atoms. The Bertz CT molecular complexity index is 917. The van der Waals surface area contributed by atoms with Crippen LogP contribution in [0.25, 0.3) is 6.08 Å². The molecule has 0 aromatic heterocycles. The van der Waals surface area contributed by atoms with Crippen molar-refractivity contribution in [1.82, 2.24) is 5.32 Å². The predicted molar refractivity (Wildman–Crippen MR) is 141 cm³/mol. The highest BCUT2D eigenvalue weighted by Gasteiger charge is 2.33. The summed E-state index contributed by atoms with van der Waals surface area (Å²) in [4.78, 5) is 25.6. The molecule has 0 fully saturated rings. The Kier molecular flexibility index (Phi) is 13.9. The molecule has 0 aliphatic carbocycles. The van der Waals surface area contributed by atoms with Crippen molar-refractivity contribution in [2.45, 2.75) is 71.4 Å². The van der Waals surface area contributed by atoms with Gasteiger partial charge in [0.25, 0.3) is 5.91 Å². The number of methoxy groups -OCH3 is 2. The molecule has 1 aromatic carbocycles. The summed E-state index contributed by atoms with van der Waals surface area (Å²) in [6.07, 6.45) is 2.69. The van der Waals surface area contributed by atoms with Gasteiger partial charge in [-0.05, 0) is 54.7 Å². The Morgan fingerprint density at radius 2 is 1.81 bits per heavy atom. The number of ether oxygens (including phenoxy) is 2. The molecule has 6 atom stereocenters. The number of hydrogen-bond donors (Lipinski definition) is 4. The summed E-state index contributed by atoms with van der Waals surface area (Å²) < 4.78 is 10.6. The van der Waals surface area contributed by atoms with E-state index in [4.69, 9.17) is 21.1 Å². The van der Waals surface area contributed by atoms with E-state index in [1.165, 1.54) is 38.6 Å². The lowest BCUT2D eigenvalue weighted by Gasteiger charge is -2.27. The molecule has 0 bridgehead atoms. The van der Waals surface area contributed by atoms with E-state index in [2.05, 4.69) is 12.2 Å². The molecule has 1 rings (SSSR count). The maximum absolute atomic E-state index is 12.9. The van der Waals surface area contributed by atoms with Gasteiger partial charge < -0.3 is 30.1 Å². The molecular formula is C27H40ClNO7. The number of carbonyl (C=O) groups excluding carboxylic acids is 2. The zero-order valence-corrected chi connectivity index (χ0v) is 22.7. The number of hydrogen-bond acceptors (Lipinski definition) is 7. The van der Waals surface area contributed by atoms with Crippen LogP contribution in [0.3, 0.4) is 0 Å². The second kappa shape index (κ2) is 15.8. The Hall–Kier alpha value is -2.23. The number of amides is 1. The van der Waals surface area contributed by atoms with Crippen LogP contribution in [0.2, 0.25) is 5.02 Å². The molecule has 0 aliphatic rings. The van der Waals surface area contributed by atoms with Crippen molar-refractivity contribution in [2.75, 3.05) is 14.2 Å². The smallest absolute Gasteiger partial charge is 0.255 e. The molecule has 1 amide bonds. The molecule has 1 aromatic rings. The zero-order chi connectivity index (χ0) is 27.4. The number of nitrogens with one attached hydrogen (secondary N) is 1. The van der Waals surface area contributed by atoms with Crippen LogP contribution < -0.4 is 5.32 Å². The van der Waals surface area contributed by atoms with Crippen LogP contribution in [0.4, 0.5) is 0 Å². The first-order valence-corrected chi connectivity index (χ1v) is 12.5. The van der Waals surface area contributed by atoms with Crippen LogP contribution in [0, 0.1) is 11.8 Å². The van der Waals surface area contributed by atoms with Crippen molar-refractivity contribution in [2.24, 2.45) is 11.8 Å². The molecule has 0 saturated heterocycles. The molecule has 0 radical (unpaired) electrons. The van der Waals surface area contributed by atoms with Crippen LogP contribution in [-0.2, 0) is 19.1 Å². The van der Waals surface area contributed by atoms with E-state index < -0.39 is 36.2 Å². The number of Topliss-reactive ketones (excluding diaryl/α,β-unsaturated/α-hetero) is 1. The maximum Gasteiger partial charge on any atom is 0.255 e. The molecule has 36 heavy (non-hydrogen) atoms. The minimum absolute atomic E-state index is 0.0206. The number of ketones is 1. The SMILES string of the molecule is CCCC[C@@H](C)[C@H](O)[C@H](C)C(=O)/C(C)=C/[C@@H](OC)[C@@H](O)[C@@H](OC)C(=O)N/C=C/c1ccc(O)c(Cl)c1. The van der Waals surface area contributed by atoms with E-state index in [1.54, 1.807) is 26.0 Å². The van der Waals surface area contributed by atoms with Gasteiger partial charge in [0.05, 0.1) is 11.1 Å². The maximum atomic E-state index is 12.9. The fourth-order valence-corrected chi connectivity index (χ4v) is 4.03. The zero-order valence-electron chi connectivity index (χ0n) is 21.9. The second-order valence-corrected chi connectivity index (χ2v) is 9.42. The van der Waals surface area contributed by atoms with Crippen molar-refractivity contribution >= 4 is 29.4 Å². The van der Waals surface area contributed by atoms with Gasteiger partial charge in [0.2, 0.25) is 0 Å². The van der Waals surface area contributed by atoms with E-state index in [0.29, 0.717) is 11.1 Å². The molecule has 0 heterocycles. The third kappa shape index (κ3) is 9.33. The van der Waals surface area contributed by atoms with Crippen LogP contribution in [0.15, 0.2) is 36.0 Å². The highest BCUT2D eigenvalue weighted by molar-refractivity contribution is 6.32. The topological polar surface area (TPSA) is 125 Å². The third-order valence-electron chi connectivity index (χ3n) is 6.23. The van der Waals surface area contributed by atoms with Crippen molar-refractivity contribution in [1.29, 1.82) is 0 Å². The quantitative estimate of drug-likeness (QED) is 0.256. The van der Waals surface area contributed by atoms with E-state index >= 15 is 0 Å². The van der Waals surface area contributed by atoms with Gasteiger partial charge in [-0.1, -0.05) is 51.3 Å². The Balaban J connectivity index is 2.88. The summed E-state index contributed by atoms with van der Waals surface area (Å²) in [5.74, 6) is -1.58. The van der Waals surface area contributed by atoms with Crippen LogP contribution in [0.5, 0.6) is 5.75 Å². The van der Waals surface area contributed by atoms with Crippen molar-refractivity contribution in [3.8, 4) is 5.75 Å². The normalized spacial score (nSPS) is 17.3. The van der Waals surface area contributed by atoms with Crippen molar-refractivity contribution in [3.05, 3.63) is 46.6 Å². The van der Waals surface area contributed by atoms with Gasteiger partial charge in [-0.15, -0.1) is 0 Å². The fraction of sp³-hybridized carbons (Fsp3) is 0.556. The van der Waals surface area contributed by atoms with E-state index in [0.717, 1.165) is 19.3 Å².